The number of halogens is 6. The van der Waals surface area contributed by atoms with Crippen LogP contribution >= 0.6 is 58.5 Å². The minimum absolute atomic E-state index is 0.0399. The minimum Gasteiger partial charge on any atom is -0.334 e. The highest BCUT2D eigenvalue weighted by molar-refractivity contribution is 8.29. The molecule has 1 unspecified atom stereocenters. The Morgan fingerprint density at radius 3 is 2.26 bits per heavy atom. The molecule has 0 radical (unpaired) electrons. The van der Waals surface area contributed by atoms with Crippen molar-refractivity contribution in [2.75, 3.05) is 0 Å². The molecular formula is C21H12Cl3F3N2O3S2. The van der Waals surface area contributed by atoms with Crippen LogP contribution in [0.25, 0.3) is 0 Å². The van der Waals surface area contributed by atoms with Crippen LogP contribution in [0, 0.1) is 6.92 Å². The van der Waals surface area contributed by atoms with Crippen molar-refractivity contribution < 1.29 is 27.6 Å². The summed E-state index contributed by atoms with van der Waals surface area (Å²) >= 11 is 18.8. The SMILES string of the molecule is Cc1cc(C2=NSC(c3cc(Cl)c(Cl)c(Cl)c3)(C(F)(F)F)C2)ccc1C(=O)NC1C(=O)SC1=O. The number of nitrogens with zero attached hydrogens (tertiary/aromatic N) is 1. The second kappa shape index (κ2) is 9.05. The molecule has 2 aromatic carbocycles. The topological polar surface area (TPSA) is 75.6 Å². The van der Waals surface area contributed by atoms with Crippen LogP contribution in [0.2, 0.25) is 15.1 Å². The van der Waals surface area contributed by atoms with E-state index in [0.717, 1.165) is 12.1 Å². The Hall–Kier alpha value is -1.72. The number of hydrogen-bond acceptors (Lipinski definition) is 6. The van der Waals surface area contributed by atoms with Gasteiger partial charge in [-0.1, -0.05) is 40.9 Å². The zero-order valence-corrected chi connectivity index (χ0v) is 20.8. The maximum absolute atomic E-state index is 14.3. The standard InChI is InChI=1S/C21H12Cl3F3N2O3S2/c1-8-4-9(2-3-11(8)17(30)28-16-18(31)33-19(16)32)14-7-20(34-29-14,21(25,26)27)10-5-12(22)15(24)13(23)6-10/h2-6,16H,7H2,1H3,(H,28,30). The number of rotatable bonds is 4. The Bertz CT molecular complexity index is 1250. The highest BCUT2D eigenvalue weighted by atomic mass is 35.5. The van der Waals surface area contributed by atoms with Crippen LogP contribution in [0.1, 0.15) is 33.5 Å². The molecule has 2 aliphatic rings. The van der Waals surface area contributed by atoms with Crippen LogP contribution in [0.4, 0.5) is 13.2 Å². The molecule has 0 spiro atoms. The molecule has 1 fully saturated rings. The molecule has 5 nitrogen and oxygen atoms in total. The first-order valence-electron chi connectivity index (χ1n) is 9.48. The molecule has 0 bridgehead atoms. The fraction of sp³-hybridized carbons (Fsp3) is 0.238. The fourth-order valence-corrected chi connectivity index (χ4v) is 5.67. The van der Waals surface area contributed by atoms with Gasteiger partial charge in [-0.15, -0.1) is 0 Å². The predicted octanol–water partition coefficient (Wildman–Crippen LogP) is 6.15. The maximum atomic E-state index is 14.3. The van der Waals surface area contributed by atoms with Gasteiger partial charge >= 0.3 is 6.18 Å². The number of hydrogen-bond donors (Lipinski definition) is 1. The number of aryl methyl sites for hydroxylation is 1. The summed E-state index contributed by atoms with van der Waals surface area (Å²) in [6.07, 6.45) is -5.19. The number of amides is 1. The van der Waals surface area contributed by atoms with Crippen LogP contribution in [0.15, 0.2) is 34.7 Å². The van der Waals surface area contributed by atoms with Crippen molar-refractivity contribution >= 4 is 80.4 Å². The summed E-state index contributed by atoms with van der Waals surface area (Å²) in [5.41, 5.74) is 1.01. The molecule has 0 aliphatic carbocycles. The van der Waals surface area contributed by atoms with E-state index in [2.05, 4.69) is 9.71 Å². The van der Waals surface area contributed by atoms with Gasteiger partial charge < -0.3 is 5.32 Å². The average Bonchev–Trinajstić information content (AvgIpc) is 3.22. The van der Waals surface area contributed by atoms with E-state index >= 15 is 0 Å². The van der Waals surface area contributed by atoms with E-state index in [4.69, 9.17) is 34.8 Å². The molecule has 2 aliphatic heterocycles. The fourth-order valence-electron chi connectivity index (χ4n) is 3.53. The average molecular weight is 568 g/mol. The molecule has 34 heavy (non-hydrogen) atoms. The first-order valence-corrected chi connectivity index (χ1v) is 12.2. The quantitative estimate of drug-likeness (QED) is 0.272. The smallest absolute Gasteiger partial charge is 0.334 e. The Balaban J connectivity index is 1.61. The molecule has 2 aromatic rings. The number of carbonyl (C=O) groups excluding carboxylic acids is 3. The number of carbonyl (C=O) groups is 3. The summed E-state index contributed by atoms with van der Waals surface area (Å²) in [6, 6.07) is 5.50. The Morgan fingerprint density at radius 2 is 1.74 bits per heavy atom. The highest BCUT2D eigenvalue weighted by Gasteiger charge is 2.60. The van der Waals surface area contributed by atoms with Gasteiger partial charge in [0.2, 0.25) is 10.2 Å². The van der Waals surface area contributed by atoms with Crippen molar-refractivity contribution in [3.63, 3.8) is 0 Å². The number of alkyl halides is 3. The van der Waals surface area contributed by atoms with Gasteiger partial charge in [0.1, 0.15) is 0 Å². The third-order valence-corrected chi connectivity index (χ3v) is 8.69. The molecule has 1 saturated heterocycles. The second-order valence-corrected chi connectivity index (χ2v) is 10.8. The lowest BCUT2D eigenvalue weighted by molar-refractivity contribution is -0.159. The summed E-state index contributed by atoms with van der Waals surface area (Å²) in [4.78, 5) is 35.3. The van der Waals surface area contributed by atoms with E-state index < -0.39 is 39.5 Å². The van der Waals surface area contributed by atoms with Gasteiger partial charge in [0.15, 0.2) is 10.8 Å². The lowest BCUT2D eigenvalue weighted by Gasteiger charge is -2.30. The van der Waals surface area contributed by atoms with Crippen LogP contribution in [-0.4, -0.2) is 34.1 Å². The first-order chi connectivity index (χ1) is 15.8. The van der Waals surface area contributed by atoms with E-state index in [-0.39, 0.29) is 31.9 Å². The predicted molar refractivity (Wildman–Crippen MR) is 128 cm³/mol. The van der Waals surface area contributed by atoms with Crippen molar-refractivity contribution in [2.45, 2.75) is 30.3 Å². The molecule has 1 N–H and O–H groups in total. The monoisotopic (exact) mass is 566 g/mol. The van der Waals surface area contributed by atoms with Crippen LogP contribution in [0.3, 0.4) is 0 Å². The third kappa shape index (κ3) is 4.35. The highest BCUT2D eigenvalue weighted by Crippen LogP contribution is 2.57. The Kier molecular flexibility index (Phi) is 6.76. The van der Waals surface area contributed by atoms with Crippen molar-refractivity contribution in [3.8, 4) is 0 Å². The maximum Gasteiger partial charge on any atom is 0.409 e. The molecule has 4 rings (SSSR count). The van der Waals surface area contributed by atoms with Gasteiger partial charge in [-0.2, -0.15) is 13.2 Å². The third-order valence-electron chi connectivity index (χ3n) is 5.39. The van der Waals surface area contributed by atoms with Gasteiger partial charge in [0, 0.05) is 12.0 Å². The Morgan fingerprint density at radius 1 is 1.12 bits per heavy atom. The van der Waals surface area contributed by atoms with Gasteiger partial charge in [0.05, 0.1) is 20.8 Å². The van der Waals surface area contributed by atoms with Crippen molar-refractivity contribution in [1.82, 2.24) is 5.32 Å². The zero-order chi connectivity index (χ0) is 25.0. The van der Waals surface area contributed by atoms with E-state index in [1.807, 2.05) is 0 Å². The van der Waals surface area contributed by atoms with E-state index in [0.29, 0.717) is 34.8 Å². The summed E-state index contributed by atoms with van der Waals surface area (Å²) in [5.74, 6) is -0.631. The van der Waals surface area contributed by atoms with Gasteiger partial charge in [0.25, 0.3) is 5.91 Å². The molecule has 0 aromatic heterocycles. The lowest BCUT2D eigenvalue weighted by Crippen LogP contribution is -2.51. The van der Waals surface area contributed by atoms with Crippen molar-refractivity contribution in [2.24, 2.45) is 4.40 Å². The van der Waals surface area contributed by atoms with E-state index in [1.165, 1.54) is 18.2 Å². The van der Waals surface area contributed by atoms with Gasteiger partial charge in [-0.3, -0.25) is 14.4 Å². The summed E-state index contributed by atoms with van der Waals surface area (Å²) in [5, 5.41) is 1.21. The molecule has 1 atom stereocenters. The van der Waals surface area contributed by atoms with Crippen molar-refractivity contribution in [3.05, 3.63) is 67.7 Å². The van der Waals surface area contributed by atoms with Crippen LogP contribution in [-0.2, 0) is 14.3 Å². The first kappa shape index (κ1) is 25.4. The summed E-state index contributed by atoms with van der Waals surface area (Å²) in [6.45, 7) is 1.59. The summed E-state index contributed by atoms with van der Waals surface area (Å²) in [7, 11) is 0. The minimum atomic E-state index is -4.70. The van der Waals surface area contributed by atoms with Crippen LogP contribution in [0.5, 0.6) is 0 Å². The molecule has 1 amide bonds. The number of thioether (sulfide) groups is 1. The Labute approximate surface area is 214 Å². The largest absolute Gasteiger partial charge is 0.409 e. The van der Waals surface area contributed by atoms with E-state index in [1.54, 1.807) is 6.92 Å². The zero-order valence-electron chi connectivity index (χ0n) is 16.9. The summed E-state index contributed by atoms with van der Waals surface area (Å²) < 4.78 is 44.6. The molecule has 2 heterocycles. The molecule has 0 saturated carbocycles. The van der Waals surface area contributed by atoms with Crippen LogP contribution < -0.4 is 5.32 Å². The van der Waals surface area contributed by atoms with E-state index in [9.17, 15) is 27.6 Å². The van der Waals surface area contributed by atoms with Gasteiger partial charge in [-0.05, 0) is 71.6 Å². The second-order valence-electron chi connectivity index (χ2n) is 7.56. The molecular weight excluding hydrogens is 556 g/mol. The number of benzene rings is 2. The molecule has 13 heteroatoms. The number of nitrogens with one attached hydrogen (secondary N) is 1. The van der Waals surface area contributed by atoms with Crippen molar-refractivity contribution in [1.29, 1.82) is 0 Å². The normalized spacial score (nSPS) is 20.9. The molecule has 178 valence electrons. The van der Waals surface area contributed by atoms with Gasteiger partial charge in [-0.25, -0.2) is 4.40 Å². The lowest BCUT2D eigenvalue weighted by atomic mass is 9.89.